The van der Waals surface area contributed by atoms with Gasteiger partial charge in [0, 0.05) is 18.7 Å². The van der Waals surface area contributed by atoms with Crippen LogP contribution in [0, 0.1) is 5.82 Å². The lowest BCUT2D eigenvalue weighted by Crippen LogP contribution is -2.28. The molecule has 1 atom stereocenters. The van der Waals surface area contributed by atoms with Crippen molar-refractivity contribution in [3.8, 4) is 0 Å². The Morgan fingerprint density at radius 1 is 1.47 bits per heavy atom. The van der Waals surface area contributed by atoms with E-state index >= 15 is 0 Å². The average molecular weight is 237 g/mol. The van der Waals surface area contributed by atoms with Crippen LogP contribution in [0.2, 0.25) is 0 Å². The number of aliphatic hydroxyl groups is 1. The van der Waals surface area contributed by atoms with Crippen molar-refractivity contribution in [1.29, 1.82) is 0 Å². The summed E-state index contributed by atoms with van der Waals surface area (Å²) in [6.07, 6.45) is 2.91. The van der Waals surface area contributed by atoms with Crippen molar-refractivity contribution in [3.63, 3.8) is 0 Å². The van der Waals surface area contributed by atoms with Gasteiger partial charge in [0.1, 0.15) is 5.82 Å². The van der Waals surface area contributed by atoms with Crippen LogP contribution in [0.25, 0.3) is 0 Å². The summed E-state index contributed by atoms with van der Waals surface area (Å²) in [6.45, 7) is 4.67. The van der Waals surface area contributed by atoms with Gasteiger partial charge in [-0.15, -0.1) is 6.58 Å². The van der Waals surface area contributed by atoms with Gasteiger partial charge in [0.25, 0.3) is 0 Å². The maximum Gasteiger partial charge on any atom is 0.127 e. The van der Waals surface area contributed by atoms with Gasteiger partial charge in [0.15, 0.2) is 0 Å². The number of allylic oxidation sites excluding steroid dienone is 1. The van der Waals surface area contributed by atoms with E-state index in [1.54, 1.807) is 18.2 Å². The minimum absolute atomic E-state index is 0.195. The van der Waals surface area contributed by atoms with Crippen LogP contribution in [0.1, 0.15) is 18.4 Å². The summed E-state index contributed by atoms with van der Waals surface area (Å²) in [7, 11) is 1.88. The predicted molar refractivity (Wildman–Crippen MR) is 68.2 cm³/mol. The van der Waals surface area contributed by atoms with Crippen LogP contribution in [-0.2, 0) is 6.54 Å². The summed E-state index contributed by atoms with van der Waals surface area (Å²) in [5.74, 6) is -0.195. The van der Waals surface area contributed by atoms with Crippen molar-refractivity contribution in [2.45, 2.75) is 25.5 Å². The number of rotatable bonds is 7. The molecule has 0 fully saturated rings. The fourth-order valence-electron chi connectivity index (χ4n) is 1.74. The quantitative estimate of drug-likeness (QED) is 0.737. The highest BCUT2D eigenvalue weighted by Gasteiger charge is 2.09. The molecule has 0 saturated carbocycles. The van der Waals surface area contributed by atoms with Crippen LogP contribution < -0.4 is 0 Å². The van der Waals surface area contributed by atoms with Gasteiger partial charge in [-0.2, -0.15) is 0 Å². The van der Waals surface area contributed by atoms with Crippen molar-refractivity contribution in [2.75, 3.05) is 13.6 Å². The van der Waals surface area contributed by atoms with Crippen LogP contribution in [0.4, 0.5) is 4.39 Å². The van der Waals surface area contributed by atoms with Gasteiger partial charge in [-0.05, 0) is 26.0 Å². The second-order valence-electron chi connectivity index (χ2n) is 4.31. The smallest absolute Gasteiger partial charge is 0.127 e. The minimum Gasteiger partial charge on any atom is -0.392 e. The average Bonchev–Trinajstić information content (AvgIpc) is 2.29. The molecule has 0 aliphatic heterocycles. The van der Waals surface area contributed by atoms with Crippen LogP contribution >= 0.6 is 0 Å². The first-order valence-electron chi connectivity index (χ1n) is 5.84. The molecule has 0 spiro atoms. The molecule has 0 aromatic heterocycles. The van der Waals surface area contributed by atoms with Gasteiger partial charge in [-0.1, -0.05) is 24.3 Å². The van der Waals surface area contributed by atoms with Gasteiger partial charge < -0.3 is 5.11 Å². The second kappa shape index (κ2) is 7.20. The number of hydrogen-bond acceptors (Lipinski definition) is 2. The van der Waals surface area contributed by atoms with Gasteiger partial charge in [0.05, 0.1) is 6.10 Å². The molecule has 0 amide bonds. The van der Waals surface area contributed by atoms with E-state index in [-0.39, 0.29) is 11.9 Å². The molecule has 0 aliphatic rings. The highest BCUT2D eigenvalue weighted by atomic mass is 19.1. The van der Waals surface area contributed by atoms with Crippen LogP contribution in [0.15, 0.2) is 36.9 Å². The van der Waals surface area contributed by atoms with E-state index in [1.165, 1.54) is 6.07 Å². The number of likely N-dealkylation sites (N-methyl/N-ethyl adjacent to an activating group) is 1. The zero-order valence-electron chi connectivity index (χ0n) is 10.3. The molecule has 1 aromatic rings. The lowest BCUT2D eigenvalue weighted by molar-refractivity contribution is 0.115. The van der Waals surface area contributed by atoms with Crippen molar-refractivity contribution in [2.24, 2.45) is 0 Å². The first-order valence-corrected chi connectivity index (χ1v) is 5.84. The van der Waals surface area contributed by atoms with Gasteiger partial charge >= 0.3 is 0 Å². The molecule has 0 bridgehead atoms. The number of hydrogen-bond donors (Lipinski definition) is 1. The summed E-state index contributed by atoms with van der Waals surface area (Å²) in [4.78, 5) is 1.92. The van der Waals surface area contributed by atoms with E-state index in [2.05, 4.69) is 6.58 Å². The Labute approximate surface area is 102 Å². The molecule has 1 aromatic carbocycles. The van der Waals surface area contributed by atoms with Crippen molar-refractivity contribution in [1.82, 2.24) is 4.90 Å². The lowest BCUT2D eigenvalue weighted by Gasteiger charge is -2.20. The molecule has 94 valence electrons. The largest absolute Gasteiger partial charge is 0.392 e. The number of benzene rings is 1. The van der Waals surface area contributed by atoms with E-state index in [0.29, 0.717) is 25.1 Å². The van der Waals surface area contributed by atoms with E-state index in [1.807, 2.05) is 18.0 Å². The summed E-state index contributed by atoms with van der Waals surface area (Å²) in [5.41, 5.74) is 0.658. The Hall–Kier alpha value is -1.19. The Bertz CT molecular complexity index is 354. The Balaban J connectivity index is 2.41. The van der Waals surface area contributed by atoms with Crippen molar-refractivity contribution < 1.29 is 9.50 Å². The van der Waals surface area contributed by atoms with E-state index in [4.69, 9.17) is 0 Å². The van der Waals surface area contributed by atoms with Crippen LogP contribution in [0.5, 0.6) is 0 Å². The summed E-state index contributed by atoms with van der Waals surface area (Å²) in [5, 5.41) is 9.71. The molecular formula is C14H20FNO. The molecule has 0 saturated heterocycles. The van der Waals surface area contributed by atoms with Gasteiger partial charge in [-0.3, -0.25) is 4.90 Å². The van der Waals surface area contributed by atoms with Crippen LogP contribution in [0.3, 0.4) is 0 Å². The van der Waals surface area contributed by atoms with E-state index in [9.17, 15) is 9.50 Å². The molecule has 2 nitrogen and oxygen atoms in total. The Kier molecular flexibility index (Phi) is 5.87. The first-order chi connectivity index (χ1) is 8.13. The van der Waals surface area contributed by atoms with E-state index < -0.39 is 0 Å². The van der Waals surface area contributed by atoms with Crippen molar-refractivity contribution >= 4 is 0 Å². The molecule has 17 heavy (non-hydrogen) atoms. The predicted octanol–water partition coefficient (Wildman–Crippen LogP) is 2.58. The molecule has 0 aliphatic carbocycles. The minimum atomic E-state index is -0.384. The summed E-state index contributed by atoms with van der Waals surface area (Å²) < 4.78 is 13.4. The van der Waals surface area contributed by atoms with Crippen molar-refractivity contribution in [3.05, 3.63) is 48.3 Å². The Morgan fingerprint density at radius 2 is 2.18 bits per heavy atom. The lowest BCUT2D eigenvalue weighted by atomic mass is 10.1. The molecule has 3 heteroatoms. The highest BCUT2D eigenvalue weighted by molar-refractivity contribution is 5.16. The SMILES string of the molecule is C=CCCC(O)CN(C)Cc1ccccc1F. The molecule has 1 unspecified atom stereocenters. The van der Waals surface area contributed by atoms with Crippen LogP contribution in [-0.4, -0.2) is 29.7 Å². The third kappa shape index (κ3) is 5.11. The summed E-state index contributed by atoms with van der Waals surface area (Å²) in [6, 6.07) is 6.72. The monoisotopic (exact) mass is 237 g/mol. The number of nitrogens with zero attached hydrogens (tertiary/aromatic N) is 1. The molecular weight excluding hydrogens is 217 g/mol. The fourth-order valence-corrected chi connectivity index (χ4v) is 1.74. The summed E-state index contributed by atoms with van der Waals surface area (Å²) >= 11 is 0. The molecule has 1 N–H and O–H groups in total. The van der Waals surface area contributed by atoms with Gasteiger partial charge in [0.2, 0.25) is 0 Å². The molecule has 1 rings (SSSR count). The third-order valence-corrected chi connectivity index (χ3v) is 2.62. The maximum absolute atomic E-state index is 13.4. The Morgan fingerprint density at radius 3 is 2.82 bits per heavy atom. The highest BCUT2D eigenvalue weighted by Crippen LogP contribution is 2.09. The van der Waals surface area contributed by atoms with E-state index in [0.717, 1.165) is 6.42 Å². The zero-order chi connectivity index (χ0) is 12.7. The maximum atomic E-state index is 13.4. The normalized spacial score (nSPS) is 12.7. The first kappa shape index (κ1) is 13.9. The molecule has 0 heterocycles. The number of aliphatic hydroxyl groups excluding tert-OH is 1. The number of halogens is 1. The standard InChI is InChI=1S/C14H20FNO/c1-3-4-8-13(17)11-16(2)10-12-7-5-6-9-14(12)15/h3,5-7,9,13,17H,1,4,8,10-11H2,2H3. The second-order valence-corrected chi connectivity index (χ2v) is 4.31. The topological polar surface area (TPSA) is 23.5 Å². The van der Waals surface area contributed by atoms with Gasteiger partial charge in [-0.25, -0.2) is 4.39 Å². The molecule has 0 radical (unpaired) electrons. The zero-order valence-corrected chi connectivity index (χ0v) is 10.3. The third-order valence-electron chi connectivity index (χ3n) is 2.62. The fraction of sp³-hybridized carbons (Fsp3) is 0.429.